The lowest BCUT2D eigenvalue weighted by molar-refractivity contribution is -0.150. The van der Waals surface area contributed by atoms with E-state index < -0.39 is 41.3 Å². The quantitative estimate of drug-likeness (QED) is 0.0422. The van der Waals surface area contributed by atoms with Gasteiger partial charge >= 0.3 is 18.2 Å². The monoisotopic (exact) mass is 880 g/mol. The predicted octanol–water partition coefficient (Wildman–Crippen LogP) is 5.46. The molecule has 3 aromatic rings. The molecule has 2 aromatic carbocycles. The number of carbonyl (C=O) groups excluding carboxylic acids is 4. The Labute approximate surface area is 367 Å². The summed E-state index contributed by atoms with van der Waals surface area (Å²) in [6.45, 7) is 11.1. The molecule has 338 valence electrons. The fourth-order valence-electron chi connectivity index (χ4n) is 6.01. The second-order valence-electron chi connectivity index (χ2n) is 16.5. The van der Waals surface area contributed by atoms with Gasteiger partial charge in [-0.2, -0.15) is 0 Å². The molecule has 0 saturated heterocycles. The highest BCUT2D eigenvalue weighted by Gasteiger charge is 2.29. The zero-order valence-corrected chi connectivity index (χ0v) is 37.1. The summed E-state index contributed by atoms with van der Waals surface area (Å²) in [7, 11) is 0. The number of anilines is 2. The summed E-state index contributed by atoms with van der Waals surface area (Å²) in [5, 5.41) is 17.7. The molecule has 0 spiro atoms. The molecule has 0 aliphatic carbocycles. The molecule has 3 rings (SSSR count). The molecule has 18 nitrogen and oxygen atoms in total. The van der Waals surface area contributed by atoms with E-state index in [0.717, 1.165) is 41.5 Å². The number of nitrogens with one attached hydrogen (secondary N) is 3. The SMILES string of the molecule is CC(C)(C)OC(=O)NCCCC[C@@H](C(=O)O)N(CCNC(=O)OC(C)(C)C)C(=O)CCc1ccc(-c2ccc(CCCCN=C(N)NC(=O)c3nc(Cl)c(N)nc3N)cc2)cc1. The van der Waals surface area contributed by atoms with Crippen LogP contribution in [0.15, 0.2) is 53.5 Å². The third-order valence-corrected chi connectivity index (χ3v) is 9.24. The third kappa shape index (κ3) is 18.2. The number of unbranched alkanes of at least 4 members (excludes halogenated alkanes) is 2. The molecule has 0 unspecified atom stereocenters. The van der Waals surface area contributed by atoms with Crippen LogP contribution in [-0.4, -0.2) is 99.3 Å². The number of carboxylic acid groups (broad SMARTS) is 1. The van der Waals surface area contributed by atoms with Gasteiger partial charge in [-0.05, 0) is 109 Å². The van der Waals surface area contributed by atoms with Gasteiger partial charge in [0.25, 0.3) is 5.91 Å². The third-order valence-electron chi connectivity index (χ3n) is 8.96. The molecule has 1 heterocycles. The fourth-order valence-corrected chi connectivity index (χ4v) is 6.14. The molecule has 10 N–H and O–H groups in total. The van der Waals surface area contributed by atoms with Gasteiger partial charge in [-0.3, -0.25) is 19.9 Å². The molecule has 0 aliphatic heterocycles. The van der Waals surface area contributed by atoms with Gasteiger partial charge in [0.05, 0.1) is 0 Å². The van der Waals surface area contributed by atoms with Crippen molar-refractivity contribution in [3.8, 4) is 11.1 Å². The molecule has 1 atom stereocenters. The smallest absolute Gasteiger partial charge is 0.407 e. The maximum atomic E-state index is 13.7. The van der Waals surface area contributed by atoms with E-state index in [0.29, 0.717) is 25.8 Å². The first-order valence-corrected chi connectivity index (χ1v) is 20.8. The van der Waals surface area contributed by atoms with Crippen molar-refractivity contribution in [1.82, 2.24) is 30.8 Å². The topological polar surface area (TPSA) is 280 Å². The number of hydrogen-bond acceptors (Lipinski definition) is 12. The first-order chi connectivity index (χ1) is 29.1. The molecule has 4 amide bonds. The number of nitrogen functional groups attached to an aromatic ring is 2. The van der Waals surface area contributed by atoms with Crippen LogP contribution in [-0.2, 0) is 31.9 Å². The molecule has 19 heteroatoms. The second kappa shape index (κ2) is 23.7. The zero-order chi connectivity index (χ0) is 46.0. The first kappa shape index (κ1) is 50.2. The van der Waals surface area contributed by atoms with Gasteiger partial charge in [-0.15, -0.1) is 0 Å². The minimum Gasteiger partial charge on any atom is -0.480 e. The van der Waals surface area contributed by atoms with Gasteiger partial charge in [0.1, 0.15) is 17.2 Å². The van der Waals surface area contributed by atoms with Crippen molar-refractivity contribution in [3.05, 3.63) is 70.5 Å². The molecular weight excluding hydrogens is 820 g/mol. The van der Waals surface area contributed by atoms with Crippen LogP contribution >= 0.6 is 11.6 Å². The van der Waals surface area contributed by atoms with E-state index in [1.54, 1.807) is 41.5 Å². The Morgan fingerprint density at radius 3 is 1.87 bits per heavy atom. The number of hydrogen-bond donors (Lipinski definition) is 7. The molecule has 0 saturated carbocycles. The minimum atomic E-state index is -1.16. The minimum absolute atomic E-state index is 0.000862. The average molecular weight is 881 g/mol. The van der Waals surface area contributed by atoms with Gasteiger partial charge in [0.2, 0.25) is 5.91 Å². The average Bonchev–Trinajstić information content (AvgIpc) is 3.17. The Bertz CT molecular complexity index is 2020. The van der Waals surface area contributed by atoms with Crippen LogP contribution in [0.3, 0.4) is 0 Å². The van der Waals surface area contributed by atoms with E-state index in [9.17, 15) is 29.1 Å². The number of aryl methyl sites for hydroxylation is 2. The lowest BCUT2D eigenvalue weighted by Gasteiger charge is -2.30. The summed E-state index contributed by atoms with van der Waals surface area (Å²) < 4.78 is 10.5. The van der Waals surface area contributed by atoms with Crippen molar-refractivity contribution in [2.24, 2.45) is 10.7 Å². The van der Waals surface area contributed by atoms with E-state index >= 15 is 0 Å². The normalized spacial score (nSPS) is 12.2. The van der Waals surface area contributed by atoms with Crippen LogP contribution < -0.4 is 33.2 Å². The van der Waals surface area contributed by atoms with Crippen LogP contribution in [0.2, 0.25) is 5.15 Å². The fraction of sp³-hybridized carbons (Fsp3) is 0.488. The van der Waals surface area contributed by atoms with Crippen LogP contribution in [0.1, 0.15) is 102 Å². The van der Waals surface area contributed by atoms with E-state index in [1.165, 1.54) is 4.90 Å². The number of nitrogens with two attached hydrogens (primary N) is 3. The van der Waals surface area contributed by atoms with E-state index in [1.807, 2.05) is 36.4 Å². The maximum Gasteiger partial charge on any atom is 0.407 e. The number of rotatable bonds is 20. The van der Waals surface area contributed by atoms with Crippen molar-refractivity contribution < 1.29 is 38.6 Å². The summed E-state index contributed by atoms with van der Waals surface area (Å²) in [6, 6.07) is 14.9. The van der Waals surface area contributed by atoms with Crippen LogP contribution in [0.4, 0.5) is 21.2 Å². The summed E-state index contributed by atoms with van der Waals surface area (Å²) in [4.78, 5) is 76.0. The second-order valence-corrected chi connectivity index (χ2v) is 16.9. The Balaban J connectivity index is 1.52. The summed E-state index contributed by atoms with van der Waals surface area (Å²) in [6.07, 6.45) is 2.63. The molecule has 0 aliphatic rings. The first-order valence-electron chi connectivity index (χ1n) is 20.5. The number of halogens is 1. The number of nitrogens with zero attached hydrogens (tertiary/aromatic N) is 4. The van der Waals surface area contributed by atoms with Crippen LogP contribution in [0.25, 0.3) is 11.1 Å². The molecule has 62 heavy (non-hydrogen) atoms. The number of aliphatic imine (C=N–C) groups is 1. The molecule has 0 bridgehead atoms. The van der Waals surface area contributed by atoms with Crippen molar-refractivity contribution in [2.45, 2.75) is 110 Å². The van der Waals surface area contributed by atoms with Gasteiger partial charge in [0, 0.05) is 32.6 Å². The molecule has 1 aromatic heterocycles. The molecule has 0 radical (unpaired) electrons. The Morgan fingerprint density at radius 2 is 1.32 bits per heavy atom. The van der Waals surface area contributed by atoms with Crippen molar-refractivity contribution in [3.63, 3.8) is 0 Å². The molecular formula is C43H61ClN10O8. The number of amides is 4. The number of ether oxygens (including phenoxy) is 2. The van der Waals surface area contributed by atoms with Crippen LogP contribution in [0, 0.1) is 0 Å². The predicted molar refractivity (Wildman–Crippen MR) is 238 cm³/mol. The van der Waals surface area contributed by atoms with Crippen molar-refractivity contribution >= 4 is 59.2 Å². The van der Waals surface area contributed by atoms with Gasteiger partial charge < -0.3 is 47.3 Å². The maximum absolute atomic E-state index is 13.7. The lowest BCUT2D eigenvalue weighted by atomic mass is 9.99. The number of carboxylic acids is 1. The highest BCUT2D eigenvalue weighted by molar-refractivity contribution is 6.31. The van der Waals surface area contributed by atoms with Crippen molar-refractivity contribution in [2.75, 3.05) is 37.6 Å². The number of guanidine groups is 1. The number of aromatic nitrogens is 2. The van der Waals surface area contributed by atoms with E-state index in [-0.39, 0.29) is 66.8 Å². The Kier molecular flexibility index (Phi) is 19.2. The summed E-state index contributed by atoms with van der Waals surface area (Å²) >= 11 is 5.84. The zero-order valence-electron chi connectivity index (χ0n) is 36.4. The van der Waals surface area contributed by atoms with Gasteiger partial charge in [-0.1, -0.05) is 60.1 Å². The largest absolute Gasteiger partial charge is 0.480 e. The highest BCUT2D eigenvalue weighted by atomic mass is 35.5. The standard InChI is InChI=1S/C43H61ClN10O8/c1-42(2,3)61-40(59)49-24-10-8-12-31(38(57)58)54(26-25-50-41(60)62-43(4,5)6)32(55)22-17-28-15-20-30(21-16-28)29-18-13-27(14-19-29)11-7-9-23-48-39(47)53-37(56)33-35(45)52-36(46)34(44)51-33/h13-16,18-21,31H,7-12,17,22-26H2,1-6H3,(H,49,59)(H,50,60)(H,57,58)(H4,45,46,52)(H3,47,48,53,56)/t31-/m0/s1. The number of aliphatic carboxylic acids is 1. The number of benzene rings is 2. The molecule has 0 fully saturated rings. The van der Waals surface area contributed by atoms with Gasteiger partial charge in [-0.25, -0.2) is 24.4 Å². The number of alkyl carbamates (subject to hydrolysis) is 2. The Morgan fingerprint density at radius 1 is 0.774 bits per heavy atom. The Hall–Kier alpha value is -6.17. The summed E-state index contributed by atoms with van der Waals surface area (Å²) in [5.74, 6) is -2.57. The van der Waals surface area contributed by atoms with E-state index in [4.69, 9.17) is 38.3 Å². The lowest BCUT2D eigenvalue weighted by Crippen LogP contribution is -2.48. The van der Waals surface area contributed by atoms with E-state index in [2.05, 4.69) is 43.0 Å². The summed E-state index contributed by atoms with van der Waals surface area (Å²) in [5.41, 5.74) is 19.6. The van der Waals surface area contributed by atoms with Crippen LogP contribution in [0.5, 0.6) is 0 Å². The van der Waals surface area contributed by atoms with Crippen molar-refractivity contribution in [1.29, 1.82) is 0 Å². The number of carbonyl (C=O) groups is 5. The highest BCUT2D eigenvalue weighted by Crippen LogP contribution is 2.23. The van der Waals surface area contributed by atoms with Gasteiger partial charge in [0.15, 0.2) is 28.4 Å².